The van der Waals surface area contributed by atoms with Crippen LogP contribution in [0.15, 0.2) is 18.2 Å². The van der Waals surface area contributed by atoms with Crippen molar-refractivity contribution in [3.63, 3.8) is 0 Å². The largest absolute Gasteiger partial charge is 0.497 e. The number of nitrogens with one attached hydrogen (secondary N) is 1. The Kier molecular flexibility index (Phi) is 5.48. The highest BCUT2D eigenvalue weighted by molar-refractivity contribution is 5.97. The molecule has 1 aliphatic carbocycles. The van der Waals surface area contributed by atoms with E-state index in [9.17, 15) is 4.79 Å². The van der Waals surface area contributed by atoms with E-state index in [0.717, 1.165) is 12.8 Å². The van der Waals surface area contributed by atoms with Crippen LogP contribution in [0.3, 0.4) is 0 Å². The molecule has 2 rings (SSSR count). The minimum absolute atomic E-state index is 0.0274. The van der Waals surface area contributed by atoms with Gasteiger partial charge in [0, 0.05) is 6.04 Å². The number of amides is 1. The lowest BCUT2D eigenvalue weighted by Crippen LogP contribution is -2.36. The van der Waals surface area contributed by atoms with Crippen molar-refractivity contribution < 1.29 is 14.3 Å². The molecule has 21 heavy (non-hydrogen) atoms. The average molecular weight is 291 g/mol. The molecule has 0 spiro atoms. The van der Waals surface area contributed by atoms with Crippen LogP contribution in [-0.2, 0) is 0 Å². The standard InChI is InChI=1S/C17H25NO3/c1-12(2)21-16-10-9-14(20-3)11-15(16)17(19)18-13-7-5-4-6-8-13/h9-13H,4-8H2,1-3H3,(H,18,19). The monoisotopic (exact) mass is 291 g/mol. The average Bonchev–Trinajstić information content (AvgIpc) is 2.48. The fourth-order valence-electron chi connectivity index (χ4n) is 2.68. The van der Waals surface area contributed by atoms with Gasteiger partial charge in [0.1, 0.15) is 11.5 Å². The summed E-state index contributed by atoms with van der Waals surface area (Å²) in [5.41, 5.74) is 0.550. The molecule has 1 aliphatic rings. The molecule has 0 aliphatic heterocycles. The first-order valence-electron chi connectivity index (χ1n) is 7.75. The van der Waals surface area contributed by atoms with E-state index in [0.29, 0.717) is 17.1 Å². The lowest BCUT2D eigenvalue weighted by Gasteiger charge is -2.23. The Balaban J connectivity index is 2.15. The molecule has 4 heteroatoms. The third kappa shape index (κ3) is 4.38. The third-order valence-corrected chi connectivity index (χ3v) is 3.73. The Bertz CT molecular complexity index is 479. The number of hydrogen-bond acceptors (Lipinski definition) is 3. The van der Waals surface area contributed by atoms with Crippen LogP contribution in [-0.4, -0.2) is 25.2 Å². The number of carbonyl (C=O) groups is 1. The molecule has 0 radical (unpaired) electrons. The molecular formula is C17H25NO3. The van der Waals surface area contributed by atoms with Crippen LogP contribution in [0.1, 0.15) is 56.3 Å². The molecule has 1 aromatic rings. The predicted molar refractivity (Wildman–Crippen MR) is 83.1 cm³/mol. The van der Waals surface area contributed by atoms with Gasteiger partial charge in [-0.2, -0.15) is 0 Å². The quantitative estimate of drug-likeness (QED) is 0.902. The molecule has 0 aromatic heterocycles. The first-order chi connectivity index (χ1) is 10.1. The zero-order valence-electron chi connectivity index (χ0n) is 13.1. The Morgan fingerprint density at radius 2 is 1.95 bits per heavy atom. The summed E-state index contributed by atoms with van der Waals surface area (Å²) in [4.78, 5) is 12.5. The molecule has 1 fully saturated rings. The van der Waals surface area contributed by atoms with E-state index in [1.54, 1.807) is 19.2 Å². The van der Waals surface area contributed by atoms with Gasteiger partial charge in [0.25, 0.3) is 5.91 Å². The second kappa shape index (κ2) is 7.34. The highest BCUT2D eigenvalue weighted by Crippen LogP contribution is 2.26. The highest BCUT2D eigenvalue weighted by atomic mass is 16.5. The topological polar surface area (TPSA) is 47.6 Å². The van der Waals surface area contributed by atoms with Gasteiger partial charge in [-0.05, 0) is 44.9 Å². The van der Waals surface area contributed by atoms with Gasteiger partial charge in [0.05, 0.1) is 18.8 Å². The molecule has 0 bridgehead atoms. The van der Waals surface area contributed by atoms with Gasteiger partial charge < -0.3 is 14.8 Å². The first-order valence-corrected chi connectivity index (χ1v) is 7.75. The molecule has 1 aromatic carbocycles. The molecule has 4 nitrogen and oxygen atoms in total. The fraction of sp³-hybridized carbons (Fsp3) is 0.588. The van der Waals surface area contributed by atoms with Crippen molar-refractivity contribution in [1.82, 2.24) is 5.32 Å². The van der Waals surface area contributed by atoms with Crippen molar-refractivity contribution >= 4 is 5.91 Å². The van der Waals surface area contributed by atoms with Gasteiger partial charge in [-0.3, -0.25) is 4.79 Å². The van der Waals surface area contributed by atoms with Crippen molar-refractivity contribution in [2.24, 2.45) is 0 Å². The Morgan fingerprint density at radius 3 is 2.57 bits per heavy atom. The van der Waals surface area contributed by atoms with Gasteiger partial charge in [0.15, 0.2) is 0 Å². The first kappa shape index (κ1) is 15.7. The second-order valence-electron chi connectivity index (χ2n) is 5.84. The van der Waals surface area contributed by atoms with E-state index in [1.165, 1.54) is 19.3 Å². The normalized spacial score (nSPS) is 15.8. The van der Waals surface area contributed by atoms with Gasteiger partial charge in [0.2, 0.25) is 0 Å². The smallest absolute Gasteiger partial charge is 0.255 e. The van der Waals surface area contributed by atoms with Crippen LogP contribution < -0.4 is 14.8 Å². The Hall–Kier alpha value is -1.71. The SMILES string of the molecule is COc1ccc(OC(C)C)c(C(=O)NC2CCCCC2)c1. The molecule has 1 N–H and O–H groups in total. The molecule has 0 unspecified atom stereocenters. The number of ether oxygens (including phenoxy) is 2. The molecule has 0 saturated heterocycles. The summed E-state index contributed by atoms with van der Waals surface area (Å²) < 4.78 is 11.0. The van der Waals surface area contributed by atoms with E-state index >= 15 is 0 Å². The van der Waals surface area contributed by atoms with Crippen LogP contribution in [0.2, 0.25) is 0 Å². The maximum atomic E-state index is 12.5. The number of carbonyl (C=O) groups excluding carboxylic acids is 1. The lowest BCUT2D eigenvalue weighted by molar-refractivity contribution is 0.0921. The minimum atomic E-state index is -0.0727. The summed E-state index contributed by atoms with van der Waals surface area (Å²) in [7, 11) is 1.60. The van der Waals surface area contributed by atoms with Gasteiger partial charge in [-0.25, -0.2) is 0 Å². The highest BCUT2D eigenvalue weighted by Gasteiger charge is 2.20. The summed E-state index contributed by atoms with van der Waals surface area (Å²) in [6, 6.07) is 5.64. The molecule has 1 amide bonds. The number of methoxy groups -OCH3 is 1. The molecular weight excluding hydrogens is 266 g/mol. The summed E-state index contributed by atoms with van der Waals surface area (Å²) >= 11 is 0. The maximum Gasteiger partial charge on any atom is 0.255 e. The molecule has 0 atom stereocenters. The second-order valence-corrected chi connectivity index (χ2v) is 5.84. The van der Waals surface area contributed by atoms with Crippen molar-refractivity contribution in [2.45, 2.75) is 58.1 Å². The van der Waals surface area contributed by atoms with Crippen LogP contribution in [0.4, 0.5) is 0 Å². The van der Waals surface area contributed by atoms with Crippen LogP contribution >= 0.6 is 0 Å². The van der Waals surface area contributed by atoms with Gasteiger partial charge in [-0.1, -0.05) is 19.3 Å². The fourth-order valence-corrected chi connectivity index (χ4v) is 2.68. The van der Waals surface area contributed by atoms with Crippen LogP contribution in [0.5, 0.6) is 11.5 Å². The van der Waals surface area contributed by atoms with E-state index in [1.807, 2.05) is 19.9 Å². The number of rotatable bonds is 5. The van der Waals surface area contributed by atoms with Gasteiger partial charge >= 0.3 is 0 Å². The Morgan fingerprint density at radius 1 is 1.24 bits per heavy atom. The zero-order valence-corrected chi connectivity index (χ0v) is 13.1. The molecule has 1 saturated carbocycles. The summed E-state index contributed by atoms with van der Waals surface area (Å²) in [5.74, 6) is 1.20. The van der Waals surface area contributed by atoms with E-state index in [2.05, 4.69) is 5.32 Å². The number of hydrogen-bond donors (Lipinski definition) is 1. The van der Waals surface area contributed by atoms with E-state index in [4.69, 9.17) is 9.47 Å². The van der Waals surface area contributed by atoms with Crippen molar-refractivity contribution in [3.05, 3.63) is 23.8 Å². The summed E-state index contributed by atoms with van der Waals surface area (Å²) in [6.45, 7) is 3.90. The lowest BCUT2D eigenvalue weighted by atomic mass is 9.95. The van der Waals surface area contributed by atoms with E-state index < -0.39 is 0 Å². The Labute approximate surface area is 126 Å². The zero-order chi connectivity index (χ0) is 15.2. The van der Waals surface area contributed by atoms with Crippen molar-refractivity contribution in [2.75, 3.05) is 7.11 Å². The van der Waals surface area contributed by atoms with Crippen molar-refractivity contribution in [1.29, 1.82) is 0 Å². The number of benzene rings is 1. The van der Waals surface area contributed by atoms with Crippen molar-refractivity contribution in [3.8, 4) is 11.5 Å². The van der Waals surface area contributed by atoms with Crippen LogP contribution in [0.25, 0.3) is 0 Å². The summed E-state index contributed by atoms with van der Waals surface area (Å²) in [5, 5.41) is 3.13. The minimum Gasteiger partial charge on any atom is -0.497 e. The summed E-state index contributed by atoms with van der Waals surface area (Å²) in [6.07, 6.45) is 5.82. The van der Waals surface area contributed by atoms with E-state index in [-0.39, 0.29) is 18.1 Å². The third-order valence-electron chi connectivity index (χ3n) is 3.73. The van der Waals surface area contributed by atoms with Crippen LogP contribution in [0, 0.1) is 0 Å². The molecule has 0 heterocycles. The maximum absolute atomic E-state index is 12.5. The van der Waals surface area contributed by atoms with Gasteiger partial charge in [-0.15, -0.1) is 0 Å². The molecule has 116 valence electrons. The predicted octanol–water partition coefficient (Wildman–Crippen LogP) is 3.54.